The third kappa shape index (κ3) is 4.29. The number of nitrogens with one attached hydrogen (secondary N) is 2. The third-order valence-corrected chi connectivity index (χ3v) is 4.71. The minimum absolute atomic E-state index is 0.0586. The van der Waals surface area contributed by atoms with E-state index in [9.17, 15) is 9.59 Å². The van der Waals surface area contributed by atoms with Gasteiger partial charge >= 0.3 is 0 Å². The summed E-state index contributed by atoms with van der Waals surface area (Å²) in [5, 5.41) is 7.13. The summed E-state index contributed by atoms with van der Waals surface area (Å²) in [5.74, 6) is 0.231. The van der Waals surface area contributed by atoms with Crippen molar-refractivity contribution in [2.75, 3.05) is 19.6 Å². The average molecular weight is 343 g/mol. The van der Waals surface area contributed by atoms with Crippen molar-refractivity contribution < 1.29 is 9.59 Å². The lowest BCUT2D eigenvalue weighted by molar-refractivity contribution is -0.130. The lowest BCUT2D eigenvalue weighted by atomic mass is 9.92. The highest BCUT2D eigenvalue weighted by atomic mass is 16.2. The van der Waals surface area contributed by atoms with Crippen LogP contribution in [0.4, 0.5) is 0 Å². The van der Waals surface area contributed by atoms with Gasteiger partial charge in [-0.1, -0.05) is 0 Å². The van der Waals surface area contributed by atoms with Crippen LogP contribution in [-0.2, 0) is 11.3 Å². The molecule has 1 aliphatic rings. The van der Waals surface area contributed by atoms with E-state index in [2.05, 4.69) is 15.4 Å². The Labute approximate surface area is 147 Å². The van der Waals surface area contributed by atoms with Gasteiger partial charge in [-0.05, 0) is 31.4 Å². The van der Waals surface area contributed by atoms with Crippen LogP contribution in [-0.4, -0.2) is 51.1 Å². The Morgan fingerprint density at radius 3 is 3.08 bits per heavy atom. The molecule has 7 heteroatoms. The number of aromatic amines is 1. The second kappa shape index (κ2) is 8.00. The molecule has 0 aliphatic carbocycles. The number of rotatable bonds is 6. The van der Waals surface area contributed by atoms with Crippen LogP contribution in [0, 0.1) is 0 Å². The summed E-state index contributed by atoms with van der Waals surface area (Å²) in [6.45, 7) is 4.47. The molecule has 1 unspecified atom stereocenters. The fourth-order valence-electron chi connectivity index (χ4n) is 3.39. The van der Waals surface area contributed by atoms with Gasteiger partial charge in [0, 0.05) is 63.3 Å². The van der Waals surface area contributed by atoms with Gasteiger partial charge in [-0.25, -0.2) is 0 Å². The van der Waals surface area contributed by atoms with Gasteiger partial charge in [-0.3, -0.25) is 14.3 Å². The predicted molar refractivity (Wildman–Crippen MR) is 94.2 cm³/mol. The van der Waals surface area contributed by atoms with Gasteiger partial charge in [0.2, 0.25) is 5.91 Å². The number of hydrogen-bond donors (Lipinski definition) is 2. The van der Waals surface area contributed by atoms with E-state index in [1.54, 1.807) is 19.3 Å². The summed E-state index contributed by atoms with van der Waals surface area (Å²) < 4.78 is 1.85. The maximum atomic E-state index is 12.5. The van der Waals surface area contributed by atoms with Crippen molar-refractivity contribution in [1.82, 2.24) is 25.0 Å². The minimum atomic E-state index is -0.0586. The summed E-state index contributed by atoms with van der Waals surface area (Å²) in [4.78, 5) is 29.2. The Hall–Kier alpha value is -2.57. The van der Waals surface area contributed by atoms with E-state index in [-0.39, 0.29) is 17.7 Å². The van der Waals surface area contributed by atoms with Crippen LogP contribution in [0.25, 0.3) is 0 Å². The Balaban J connectivity index is 1.55. The first-order chi connectivity index (χ1) is 12.1. The van der Waals surface area contributed by atoms with Gasteiger partial charge in [-0.2, -0.15) is 5.10 Å². The first-order valence-electron chi connectivity index (χ1n) is 8.83. The second-order valence-electron chi connectivity index (χ2n) is 6.49. The molecule has 3 heterocycles. The molecule has 2 N–H and O–H groups in total. The Morgan fingerprint density at radius 2 is 2.32 bits per heavy atom. The van der Waals surface area contributed by atoms with E-state index < -0.39 is 0 Å². The lowest BCUT2D eigenvalue weighted by Gasteiger charge is -2.32. The van der Waals surface area contributed by atoms with E-state index in [0.29, 0.717) is 18.7 Å². The van der Waals surface area contributed by atoms with Crippen molar-refractivity contribution >= 4 is 11.8 Å². The van der Waals surface area contributed by atoms with Gasteiger partial charge in [-0.15, -0.1) is 0 Å². The summed E-state index contributed by atoms with van der Waals surface area (Å²) in [6, 6.07) is 3.71. The lowest BCUT2D eigenvalue weighted by Crippen LogP contribution is -2.38. The number of carbonyl (C=O) groups is 2. The van der Waals surface area contributed by atoms with Crippen molar-refractivity contribution in [2.24, 2.45) is 0 Å². The number of H-pyrrole nitrogens is 1. The van der Waals surface area contributed by atoms with Crippen molar-refractivity contribution in [3.63, 3.8) is 0 Å². The molecule has 0 bridgehead atoms. The summed E-state index contributed by atoms with van der Waals surface area (Å²) in [6.07, 6.45) is 8.25. The molecule has 2 aromatic heterocycles. The molecule has 1 saturated heterocycles. The Kier molecular flexibility index (Phi) is 5.53. The zero-order valence-electron chi connectivity index (χ0n) is 14.6. The first-order valence-corrected chi connectivity index (χ1v) is 8.83. The van der Waals surface area contributed by atoms with E-state index in [4.69, 9.17) is 0 Å². The molecule has 134 valence electrons. The molecule has 1 fully saturated rings. The van der Waals surface area contributed by atoms with Gasteiger partial charge in [0.1, 0.15) is 0 Å². The number of piperidine rings is 1. The number of hydrogen-bond acceptors (Lipinski definition) is 3. The number of carbonyl (C=O) groups excluding carboxylic acids is 2. The molecule has 0 radical (unpaired) electrons. The molecule has 0 saturated carbocycles. The van der Waals surface area contributed by atoms with Crippen LogP contribution in [0.15, 0.2) is 30.7 Å². The Bertz CT molecular complexity index is 707. The summed E-state index contributed by atoms with van der Waals surface area (Å²) >= 11 is 0. The smallest absolute Gasteiger partial charge is 0.253 e. The summed E-state index contributed by atoms with van der Waals surface area (Å²) in [5.41, 5.74) is 1.63. The SMILES string of the molecule is CC(=O)N1CCCC(c2[nH]ccc2C(=O)NCCCn2cccn2)C1. The van der Waals surface area contributed by atoms with Crippen molar-refractivity contribution in [1.29, 1.82) is 0 Å². The van der Waals surface area contributed by atoms with E-state index >= 15 is 0 Å². The maximum absolute atomic E-state index is 12.5. The molecule has 2 amide bonds. The molecule has 25 heavy (non-hydrogen) atoms. The molecule has 0 spiro atoms. The van der Waals surface area contributed by atoms with E-state index in [0.717, 1.165) is 38.0 Å². The third-order valence-electron chi connectivity index (χ3n) is 4.71. The van der Waals surface area contributed by atoms with Crippen LogP contribution in [0.2, 0.25) is 0 Å². The second-order valence-corrected chi connectivity index (χ2v) is 6.49. The highest BCUT2D eigenvalue weighted by Gasteiger charge is 2.27. The molecule has 2 aromatic rings. The highest BCUT2D eigenvalue weighted by molar-refractivity contribution is 5.95. The molecule has 1 atom stereocenters. The fourth-order valence-corrected chi connectivity index (χ4v) is 3.39. The number of aryl methyl sites for hydroxylation is 1. The van der Waals surface area contributed by atoms with Crippen molar-refractivity contribution in [2.45, 2.75) is 38.6 Å². The van der Waals surface area contributed by atoms with Gasteiger partial charge < -0.3 is 15.2 Å². The molecule has 3 rings (SSSR count). The van der Waals surface area contributed by atoms with Gasteiger partial charge in [0.15, 0.2) is 0 Å². The van der Waals surface area contributed by atoms with Crippen LogP contribution in [0.1, 0.15) is 48.2 Å². The molecule has 7 nitrogen and oxygen atoms in total. The largest absolute Gasteiger partial charge is 0.364 e. The summed E-state index contributed by atoms with van der Waals surface area (Å²) in [7, 11) is 0. The first kappa shape index (κ1) is 17.3. The van der Waals surface area contributed by atoms with Crippen molar-refractivity contribution in [3.8, 4) is 0 Å². The number of nitrogens with zero attached hydrogens (tertiary/aromatic N) is 3. The molecule has 1 aliphatic heterocycles. The zero-order chi connectivity index (χ0) is 17.6. The number of aromatic nitrogens is 3. The minimum Gasteiger partial charge on any atom is -0.364 e. The fraction of sp³-hybridized carbons (Fsp3) is 0.500. The van der Waals surface area contributed by atoms with Crippen LogP contribution in [0.3, 0.4) is 0 Å². The number of amides is 2. The molecule has 0 aromatic carbocycles. The predicted octanol–water partition coefficient (Wildman–Crippen LogP) is 1.76. The monoisotopic (exact) mass is 343 g/mol. The van der Waals surface area contributed by atoms with Crippen LogP contribution in [0.5, 0.6) is 0 Å². The average Bonchev–Trinajstić information content (AvgIpc) is 3.30. The topological polar surface area (TPSA) is 83.0 Å². The number of likely N-dealkylation sites (tertiary alicyclic amines) is 1. The molecular formula is C18H25N5O2. The van der Waals surface area contributed by atoms with Gasteiger partial charge in [0.05, 0.1) is 5.56 Å². The Morgan fingerprint density at radius 1 is 1.44 bits per heavy atom. The van der Waals surface area contributed by atoms with Crippen molar-refractivity contribution in [3.05, 3.63) is 42.0 Å². The van der Waals surface area contributed by atoms with Crippen LogP contribution < -0.4 is 5.32 Å². The van der Waals surface area contributed by atoms with Crippen LogP contribution >= 0.6 is 0 Å². The molecular weight excluding hydrogens is 318 g/mol. The highest BCUT2D eigenvalue weighted by Crippen LogP contribution is 2.28. The normalized spacial score (nSPS) is 17.5. The van der Waals surface area contributed by atoms with Gasteiger partial charge in [0.25, 0.3) is 5.91 Å². The zero-order valence-corrected chi connectivity index (χ0v) is 14.6. The standard InChI is InChI=1S/C18H25N5O2/c1-14(24)22-10-2-5-15(13-22)17-16(6-9-19-17)18(25)20-7-3-11-23-12-4-8-21-23/h4,6,8-9,12,15,19H,2-3,5,7,10-11,13H2,1H3,(H,20,25). The quantitative estimate of drug-likeness (QED) is 0.784. The van der Waals surface area contributed by atoms with E-state index in [1.165, 1.54) is 0 Å². The van der Waals surface area contributed by atoms with E-state index in [1.807, 2.05) is 27.9 Å². The maximum Gasteiger partial charge on any atom is 0.253 e.